The van der Waals surface area contributed by atoms with Crippen LogP contribution in [0.15, 0.2) is 12.3 Å². The van der Waals surface area contributed by atoms with E-state index in [1.165, 1.54) is 36.9 Å². The molecule has 1 aromatic heterocycles. The Balaban J connectivity index is 2.29. The molecule has 0 spiro atoms. The molecule has 0 amide bonds. The van der Waals surface area contributed by atoms with Gasteiger partial charge >= 0.3 is 0 Å². The van der Waals surface area contributed by atoms with Gasteiger partial charge in [0.1, 0.15) is 5.82 Å². The molecule has 1 aromatic rings. The number of likely N-dealkylation sites (tertiary alicyclic amines) is 1. The first-order chi connectivity index (χ1) is 8.09. The van der Waals surface area contributed by atoms with Crippen molar-refractivity contribution in [3.05, 3.63) is 23.4 Å². The van der Waals surface area contributed by atoms with Crippen LogP contribution in [-0.4, -0.2) is 22.5 Å². The number of rotatable bonds is 2. The summed E-state index contributed by atoms with van der Waals surface area (Å²) in [6, 6.07) is 3.11. The molecule has 3 nitrogen and oxygen atoms in total. The molecular formula is C14H23N3. The quantitative estimate of drug-likeness (QED) is 0.854. The molecule has 17 heavy (non-hydrogen) atoms. The minimum atomic E-state index is 0.525. The molecule has 94 valence electrons. The van der Waals surface area contributed by atoms with E-state index in [1.54, 1.807) is 0 Å². The van der Waals surface area contributed by atoms with Gasteiger partial charge in [-0.1, -0.05) is 6.42 Å². The lowest BCUT2D eigenvalue weighted by Gasteiger charge is -2.39. The molecule has 0 saturated carbocycles. The molecule has 0 radical (unpaired) electrons. The normalized spacial score (nSPS) is 22.0. The van der Waals surface area contributed by atoms with Gasteiger partial charge in [-0.25, -0.2) is 4.98 Å². The average Bonchev–Trinajstić information content (AvgIpc) is 2.29. The molecule has 3 heteroatoms. The summed E-state index contributed by atoms with van der Waals surface area (Å²) in [6.07, 6.45) is 5.84. The number of nitrogens with two attached hydrogens (primary N) is 1. The Kier molecular flexibility index (Phi) is 3.67. The maximum Gasteiger partial charge on any atom is 0.123 e. The van der Waals surface area contributed by atoms with Crippen molar-refractivity contribution in [3.63, 3.8) is 0 Å². The lowest BCUT2D eigenvalue weighted by molar-refractivity contribution is 0.111. The molecule has 0 bridgehead atoms. The van der Waals surface area contributed by atoms with Crippen LogP contribution in [-0.2, 0) is 0 Å². The maximum atomic E-state index is 5.73. The van der Waals surface area contributed by atoms with Gasteiger partial charge in [0, 0.05) is 18.3 Å². The SMILES string of the molecule is Cc1cc(N)ncc1[C@H]1CCCCN1C(C)C. The molecule has 2 heterocycles. The highest BCUT2D eigenvalue weighted by molar-refractivity contribution is 5.37. The summed E-state index contributed by atoms with van der Waals surface area (Å²) in [7, 11) is 0. The van der Waals surface area contributed by atoms with Crippen molar-refractivity contribution in [2.75, 3.05) is 12.3 Å². The third kappa shape index (κ3) is 2.60. The molecule has 1 saturated heterocycles. The van der Waals surface area contributed by atoms with Crippen molar-refractivity contribution in [3.8, 4) is 0 Å². The van der Waals surface area contributed by atoms with Crippen LogP contribution in [0.25, 0.3) is 0 Å². The summed E-state index contributed by atoms with van der Waals surface area (Å²) in [5, 5.41) is 0. The highest BCUT2D eigenvalue weighted by atomic mass is 15.2. The number of anilines is 1. The fourth-order valence-corrected chi connectivity index (χ4v) is 2.84. The number of hydrogen-bond donors (Lipinski definition) is 1. The zero-order chi connectivity index (χ0) is 12.4. The highest BCUT2D eigenvalue weighted by Gasteiger charge is 2.27. The second-order valence-corrected chi connectivity index (χ2v) is 5.31. The van der Waals surface area contributed by atoms with Crippen molar-refractivity contribution < 1.29 is 0 Å². The third-order valence-electron chi connectivity index (χ3n) is 3.74. The summed E-state index contributed by atoms with van der Waals surface area (Å²) in [5.41, 5.74) is 8.35. The van der Waals surface area contributed by atoms with E-state index >= 15 is 0 Å². The van der Waals surface area contributed by atoms with Gasteiger partial charge in [0.25, 0.3) is 0 Å². The van der Waals surface area contributed by atoms with E-state index in [4.69, 9.17) is 5.73 Å². The van der Waals surface area contributed by atoms with Gasteiger partial charge in [-0.3, -0.25) is 4.90 Å². The molecule has 1 atom stereocenters. The third-order valence-corrected chi connectivity index (χ3v) is 3.74. The van der Waals surface area contributed by atoms with E-state index in [-0.39, 0.29) is 0 Å². The largest absolute Gasteiger partial charge is 0.384 e. The van der Waals surface area contributed by atoms with Gasteiger partial charge in [-0.2, -0.15) is 0 Å². The number of aromatic nitrogens is 1. The lowest BCUT2D eigenvalue weighted by atomic mass is 9.92. The van der Waals surface area contributed by atoms with Crippen LogP contribution in [0.1, 0.15) is 50.3 Å². The van der Waals surface area contributed by atoms with Crippen molar-refractivity contribution in [1.82, 2.24) is 9.88 Å². The number of hydrogen-bond acceptors (Lipinski definition) is 3. The molecule has 1 aliphatic rings. The highest BCUT2D eigenvalue weighted by Crippen LogP contribution is 2.33. The predicted molar refractivity (Wildman–Crippen MR) is 71.8 cm³/mol. The first-order valence-corrected chi connectivity index (χ1v) is 6.57. The Labute approximate surface area is 104 Å². The topological polar surface area (TPSA) is 42.1 Å². The Bertz CT molecular complexity index is 387. The summed E-state index contributed by atoms with van der Waals surface area (Å²) in [5.74, 6) is 0.623. The molecule has 2 N–H and O–H groups in total. The number of aryl methyl sites for hydroxylation is 1. The summed E-state index contributed by atoms with van der Waals surface area (Å²) in [4.78, 5) is 6.85. The van der Waals surface area contributed by atoms with E-state index in [0.717, 1.165) is 0 Å². The smallest absolute Gasteiger partial charge is 0.123 e. The average molecular weight is 233 g/mol. The van der Waals surface area contributed by atoms with Crippen LogP contribution in [0.3, 0.4) is 0 Å². The molecule has 0 aromatic carbocycles. The first-order valence-electron chi connectivity index (χ1n) is 6.57. The lowest BCUT2D eigenvalue weighted by Crippen LogP contribution is -2.38. The number of nitrogen functional groups attached to an aromatic ring is 1. The van der Waals surface area contributed by atoms with Crippen LogP contribution in [0.4, 0.5) is 5.82 Å². The molecule has 0 unspecified atom stereocenters. The van der Waals surface area contributed by atoms with E-state index < -0.39 is 0 Å². The minimum Gasteiger partial charge on any atom is -0.384 e. The second-order valence-electron chi connectivity index (χ2n) is 5.31. The zero-order valence-corrected chi connectivity index (χ0v) is 11.1. The monoisotopic (exact) mass is 233 g/mol. The molecule has 1 aliphatic heterocycles. The minimum absolute atomic E-state index is 0.525. The Morgan fingerprint density at radius 2 is 2.18 bits per heavy atom. The number of nitrogens with zero attached hydrogens (tertiary/aromatic N) is 2. The molecular weight excluding hydrogens is 210 g/mol. The van der Waals surface area contributed by atoms with Gasteiger partial charge < -0.3 is 5.73 Å². The maximum absolute atomic E-state index is 5.73. The van der Waals surface area contributed by atoms with Crippen LogP contribution in [0, 0.1) is 6.92 Å². The molecule has 2 rings (SSSR count). The number of pyridine rings is 1. The standard InChI is InChI=1S/C14H23N3/c1-10(2)17-7-5-4-6-13(17)12-9-16-14(15)8-11(12)3/h8-10,13H,4-7H2,1-3H3,(H2,15,16)/t13-/m1/s1. The predicted octanol–water partition coefficient (Wildman–Crippen LogP) is 2.91. The summed E-state index contributed by atoms with van der Waals surface area (Å²) >= 11 is 0. The van der Waals surface area contributed by atoms with Gasteiger partial charge in [-0.05, 0) is 57.4 Å². The Hall–Kier alpha value is -1.09. The van der Waals surface area contributed by atoms with E-state index in [9.17, 15) is 0 Å². The fraction of sp³-hybridized carbons (Fsp3) is 0.643. The van der Waals surface area contributed by atoms with E-state index in [1.807, 2.05) is 12.3 Å². The zero-order valence-electron chi connectivity index (χ0n) is 11.1. The van der Waals surface area contributed by atoms with E-state index in [0.29, 0.717) is 17.9 Å². The molecule has 0 aliphatic carbocycles. The second kappa shape index (κ2) is 5.05. The van der Waals surface area contributed by atoms with Crippen LogP contribution in [0.2, 0.25) is 0 Å². The van der Waals surface area contributed by atoms with E-state index in [2.05, 4.69) is 30.7 Å². The summed E-state index contributed by atoms with van der Waals surface area (Å²) < 4.78 is 0. The molecule has 1 fully saturated rings. The van der Waals surface area contributed by atoms with Crippen LogP contribution >= 0.6 is 0 Å². The first kappa shape index (κ1) is 12.4. The van der Waals surface area contributed by atoms with Gasteiger partial charge in [-0.15, -0.1) is 0 Å². The fourth-order valence-electron chi connectivity index (χ4n) is 2.84. The van der Waals surface area contributed by atoms with Crippen LogP contribution in [0.5, 0.6) is 0 Å². The van der Waals surface area contributed by atoms with Crippen molar-refractivity contribution in [1.29, 1.82) is 0 Å². The van der Waals surface area contributed by atoms with Crippen molar-refractivity contribution in [2.45, 2.75) is 52.1 Å². The number of piperidine rings is 1. The van der Waals surface area contributed by atoms with Crippen LogP contribution < -0.4 is 5.73 Å². The van der Waals surface area contributed by atoms with Gasteiger partial charge in [0.05, 0.1) is 0 Å². The van der Waals surface area contributed by atoms with Crippen molar-refractivity contribution in [2.24, 2.45) is 0 Å². The Morgan fingerprint density at radius 3 is 2.82 bits per heavy atom. The van der Waals surface area contributed by atoms with Crippen molar-refractivity contribution >= 4 is 5.82 Å². The van der Waals surface area contributed by atoms with Gasteiger partial charge in [0.15, 0.2) is 0 Å². The van der Waals surface area contributed by atoms with Gasteiger partial charge in [0.2, 0.25) is 0 Å². The Morgan fingerprint density at radius 1 is 1.41 bits per heavy atom. The summed E-state index contributed by atoms with van der Waals surface area (Å²) in [6.45, 7) is 7.89.